The molecule has 3 aromatic heterocycles. The van der Waals surface area contributed by atoms with Gasteiger partial charge in [-0.05, 0) is 23.6 Å². The van der Waals surface area contributed by atoms with Crippen molar-refractivity contribution < 1.29 is 4.79 Å². The van der Waals surface area contributed by atoms with Gasteiger partial charge in [-0.1, -0.05) is 29.8 Å². The number of hydrogen-bond acceptors (Lipinski definition) is 7. The van der Waals surface area contributed by atoms with Crippen LogP contribution in [0.15, 0.2) is 63.5 Å². The van der Waals surface area contributed by atoms with Gasteiger partial charge in [0.15, 0.2) is 0 Å². The van der Waals surface area contributed by atoms with Crippen LogP contribution in [-0.2, 0) is 11.2 Å². The molecule has 1 saturated heterocycles. The fourth-order valence-electron chi connectivity index (χ4n) is 3.77. The molecule has 4 aromatic rings. The average Bonchev–Trinajstić information content (AvgIpc) is 3.54. The lowest BCUT2D eigenvalue weighted by Gasteiger charge is -2.36. The Hall–Kier alpha value is -3.01. The molecule has 1 aliphatic rings. The number of amides is 1. The third-order valence-corrected chi connectivity index (χ3v) is 7.51. The summed E-state index contributed by atoms with van der Waals surface area (Å²) in [6, 6.07) is 11.2. The molecule has 0 unspecified atom stereocenters. The van der Waals surface area contributed by atoms with E-state index in [1.54, 1.807) is 41.0 Å². The molecule has 0 atom stereocenters. The van der Waals surface area contributed by atoms with Gasteiger partial charge in [-0.2, -0.15) is 21.1 Å². The number of para-hydroxylation sites is 1. The molecule has 4 heterocycles. The Morgan fingerprint density at radius 3 is 2.58 bits per heavy atom. The summed E-state index contributed by atoms with van der Waals surface area (Å²) < 4.78 is 1.30. The van der Waals surface area contributed by atoms with Crippen molar-refractivity contribution in [1.29, 1.82) is 0 Å². The minimum Gasteiger partial charge on any atom is -0.365 e. The summed E-state index contributed by atoms with van der Waals surface area (Å²) in [5.74, 6) is 0.0561. The van der Waals surface area contributed by atoms with Crippen molar-refractivity contribution in [3.63, 3.8) is 0 Å². The number of rotatable bonds is 5. The number of carbonyl (C=O) groups is 1. The standard InChI is InChI=1S/C23H20ClN5O2S2/c24-21-19(13-25-29(23(21)31)18-4-2-1-3-5-18)27-7-9-28(10-8-27)20(30)12-17-15-33-22(26-17)16-6-11-32-14-16/h1-6,11,13-15H,7-10,12H2. The second-order valence-corrected chi connectivity index (χ2v) is 9.61. The molecule has 33 heavy (non-hydrogen) atoms. The molecule has 1 fully saturated rings. The average molecular weight is 498 g/mol. The van der Waals surface area contributed by atoms with Crippen molar-refractivity contribution in [2.45, 2.75) is 6.42 Å². The first-order valence-corrected chi connectivity index (χ1v) is 12.6. The molecule has 0 bridgehead atoms. The molecule has 0 saturated carbocycles. The van der Waals surface area contributed by atoms with Crippen molar-refractivity contribution in [3.05, 3.63) is 79.8 Å². The zero-order valence-electron chi connectivity index (χ0n) is 17.6. The van der Waals surface area contributed by atoms with Gasteiger partial charge in [-0.3, -0.25) is 9.59 Å². The third kappa shape index (κ3) is 4.57. The second kappa shape index (κ2) is 9.46. The highest BCUT2D eigenvalue weighted by molar-refractivity contribution is 7.14. The topological polar surface area (TPSA) is 71.3 Å². The number of thiazole rings is 1. The van der Waals surface area contributed by atoms with Crippen LogP contribution >= 0.6 is 34.3 Å². The van der Waals surface area contributed by atoms with E-state index in [1.165, 1.54) is 4.68 Å². The number of benzene rings is 1. The van der Waals surface area contributed by atoms with Gasteiger partial charge in [-0.15, -0.1) is 11.3 Å². The summed E-state index contributed by atoms with van der Waals surface area (Å²) in [6.07, 6.45) is 1.91. The van der Waals surface area contributed by atoms with Crippen LogP contribution in [0.1, 0.15) is 5.69 Å². The van der Waals surface area contributed by atoms with Gasteiger partial charge in [0.2, 0.25) is 5.91 Å². The maximum absolute atomic E-state index is 12.8. The lowest BCUT2D eigenvalue weighted by Crippen LogP contribution is -2.49. The van der Waals surface area contributed by atoms with Gasteiger partial charge in [0.25, 0.3) is 5.56 Å². The van der Waals surface area contributed by atoms with Crippen molar-refractivity contribution in [1.82, 2.24) is 19.7 Å². The number of carbonyl (C=O) groups excluding carboxylic acids is 1. The van der Waals surface area contributed by atoms with Crippen LogP contribution in [-0.4, -0.2) is 51.8 Å². The molecule has 7 nitrogen and oxygen atoms in total. The first kappa shape index (κ1) is 21.8. The molecule has 1 aromatic carbocycles. The van der Waals surface area contributed by atoms with Crippen LogP contribution in [0.25, 0.3) is 16.3 Å². The Bertz CT molecular complexity index is 1310. The van der Waals surface area contributed by atoms with Crippen LogP contribution in [0.4, 0.5) is 5.69 Å². The summed E-state index contributed by atoms with van der Waals surface area (Å²) >= 11 is 9.62. The van der Waals surface area contributed by atoms with Gasteiger partial charge in [0.1, 0.15) is 10.0 Å². The lowest BCUT2D eigenvalue weighted by molar-refractivity contribution is -0.130. The molecule has 5 rings (SSSR count). The fourth-order valence-corrected chi connectivity index (χ4v) is 5.55. The summed E-state index contributed by atoms with van der Waals surface area (Å²) in [5, 5.41) is 11.4. The minimum absolute atomic E-state index is 0.0561. The molecule has 1 aliphatic heterocycles. The Morgan fingerprint density at radius 1 is 1.06 bits per heavy atom. The SMILES string of the molecule is O=C(Cc1csc(-c2ccsc2)n1)N1CCN(c2cnn(-c3ccccc3)c(=O)c2Cl)CC1. The van der Waals surface area contributed by atoms with E-state index in [0.717, 1.165) is 16.3 Å². The van der Waals surface area contributed by atoms with Crippen molar-refractivity contribution in [2.75, 3.05) is 31.1 Å². The van der Waals surface area contributed by atoms with E-state index in [1.807, 2.05) is 44.8 Å². The van der Waals surface area contributed by atoms with Gasteiger partial charge in [-0.25, -0.2) is 4.98 Å². The molecule has 0 radical (unpaired) electrons. The van der Waals surface area contributed by atoms with Crippen LogP contribution in [0, 0.1) is 0 Å². The van der Waals surface area contributed by atoms with Crippen molar-refractivity contribution >= 4 is 45.9 Å². The normalized spacial score (nSPS) is 14.0. The van der Waals surface area contributed by atoms with Crippen LogP contribution < -0.4 is 10.5 Å². The lowest BCUT2D eigenvalue weighted by atomic mass is 10.2. The smallest absolute Gasteiger partial charge is 0.292 e. The Morgan fingerprint density at radius 2 is 1.85 bits per heavy atom. The molecule has 0 N–H and O–H groups in total. The summed E-state index contributed by atoms with van der Waals surface area (Å²) in [7, 11) is 0. The molecule has 10 heteroatoms. The van der Waals surface area contributed by atoms with E-state index in [4.69, 9.17) is 11.6 Å². The highest BCUT2D eigenvalue weighted by Gasteiger charge is 2.24. The largest absolute Gasteiger partial charge is 0.365 e. The van der Waals surface area contributed by atoms with Gasteiger partial charge >= 0.3 is 0 Å². The zero-order chi connectivity index (χ0) is 22.8. The van der Waals surface area contributed by atoms with Crippen LogP contribution in [0.2, 0.25) is 5.02 Å². The highest BCUT2D eigenvalue weighted by atomic mass is 35.5. The second-order valence-electron chi connectivity index (χ2n) is 7.60. The first-order valence-electron chi connectivity index (χ1n) is 10.4. The first-order chi connectivity index (χ1) is 16.1. The third-order valence-electron chi connectivity index (χ3n) is 5.53. The van der Waals surface area contributed by atoms with Crippen molar-refractivity contribution in [2.24, 2.45) is 0 Å². The maximum atomic E-state index is 12.8. The maximum Gasteiger partial charge on any atom is 0.292 e. The number of piperazine rings is 1. The Balaban J connectivity index is 1.22. The highest BCUT2D eigenvalue weighted by Crippen LogP contribution is 2.26. The van der Waals surface area contributed by atoms with E-state index in [2.05, 4.69) is 15.5 Å². The van der Waals surface area contributed by atoms with E-state index in [0.29, 0.717) is 37.6 Å². The summed E-state index contributed by atoms with van der Waals surface area (Å²) in [6.45, 7) is 2.27. The number of thiophene rings is 1. The van der Waals surface area contributed by atoms with Crippen LogP contribution in [0.5, 0.6) is 0 Å². The number of nitrogens with zero attached hydrogens (tertiary/aromatic N) is 5. The Labute approximate surface area is 203 Å². The van der Waals surface area contributed by atoms with Gasteiger partial charge in [0, 0.05) is 42.5 Å². The quantitative estimate of drug-likeness (QED) is 0.417. The van der Waals surface area contributed by atoms with Gasteiger partial charge < -0.3 is 9.80 Å². The number of aromatic nitrogens is 3. The zero-order valence-corrected chi connectivity index (χ0v) is 19.9. The van der Waals surface area contributed by atoms with E-state index in [-0.39, 0.29) is 22.9 Å². The van der Waals surface area contributed by atoms with Crippen LogP contribution in [0.3, 0.4) is 0 Å². The molecular weight excluding hydrogens is 478 g/mol. The van der Waals surface area contributed by atoms with E-state index < -0.39 is 0 Å². The number of hydrogen-bond donors (Lipinski definition) is 0. The van der Waals surface area contributed by atoms with E-state index >= 15 is 0 Å². The molecule has 0 aliphatic carbocycles. The van der Waals surface area contributed by atoms with Crippen molar-refractivity contribution in [3.8, 4) is 16.3 Å². The monoisotopic (exact) mass is 497 g/mol. The predicted molar refractivity (Wildman–Crippen MR) is 133 cm³/mol. The molecule has 1 amide bonds. The Kier molecular flexibility index (Phi) is 6.26. The summed E-state index contributed by atoms with van der Waals surface area (Å²) in [4.78, 5) is 34.0. The minimum atomic E-state index is -0.358. The molecular formula is C23H20ClN5O2S2. The number of anilines is 1. The van der Waals surface area contributed by atoms with E-state index in [9.17, 15) is 9.59 Å². The predicted octanol–water partition coefficient (Wildman–Crippen LogP) is 3.96. The van der Waals surface area contributed by atoms with Gasteiger partial charge in [0.05, 0.1) is 29.7 Å². The fraction of sp³-hybridized carbons (Fsp3) is 0.217. The molecule has 0 spiro atoms. The number of halogens is 1. The molecule has 168 valence electrons. The summed E-state index contributed by atoms with van der Waals surface area (Å²) in [5.41, 5.74) is 2.79.